The molecule has 35 heavy (non-hydrogen) atoms. The van der Waals surface area contributed by atoms with Crippen molar-refractivity contribution >= 4 is 23.7 Å². The van der Waals surface area contributed by atoms with Gasteiger partial charge in [-0.25, -0.2) is 9.59 Å². The summed E-state index contributed by atoms with van der Waals surface area (Å²) >= 11 is 0. The summed E-state index contributed by atoms with van der Waals surface area (Å²) in [5.74, 6) is -2.07. The molecular weight excluding hydrogens is 444 g/mol. The van der Waals surface area contributed by atoms with Crippen LogP contribution in [0.3, 0.4) is 0 Å². The predicted octanol–water partition coefficient (Wildman–Crippen LogP) is 5.20. The van der Waals surface area contributed by atoms with Gasteiger partial charge in [-0.3, -0.25) is 4.79 Å². The number of hydrogen-bond acceptors (Lipinski definition) is 4. The first-order chi connectivity index (χ1) is 16.9. The van der Waals surface area contributed by atoms with E-state index < -0.39 is 18.0 Å². The third-order valence-electron chi connectivity index (χ3n) is 6.36. The van der Waals surface area contributed by atoms with Crippen molar-refractivity contribution in [2.24, 2.45) is 5.92 Å². The average Bonchev–Trinajstić information content (AvgIpc) is 3.18. The highest BCUT2D eigenvalue weighted by Gasteiger charge is 2.29. The predicted molar refractivity (Wildman–Crippen MR) is 134 cm³/mol. The van der Waals surface area contributed by atoms with Gasteiger partial charge < -0.3 is 20.5 Å². The minimum absolute atomic E-state index is 0.0256. The van der Waals surface area contributed by atoms with Crippen LogP contribution < -0.4 is 10.6 Å². The number of anilines is 1. The number of nitrogens with one attached hydrogen (secondary N) is 2. The van der Waals surface area contributed by atoms with E-state index in [2.05, 4.69) is 34.9 Å². The monoisotopic (exact) mass is 472 g/mol. The minimum atomic E-state index is -1.12. The van der Waals surface area contributed by atoms with Crippen LogP contribution in [0.2, 0.25) is 0 Å². The molecule has 3 N–H and O–H groups in total. The first-order valence-corrected chi connectivity index (χ1v) is 11.6. The van der Waals surface area contributed by atoms with E-state index in [9.17, 15) is 19.5 Å². The fraction of sp³-hybridized carbons (Fsp3) is 0.250. The van der Waals surface area contributed by atoms with Gasteiger partial charge in [0.1, 0.15) is 6.61 Å². The van der Waals surface area contributed by atoms with Crippen LogP contribution in [0.4, 0.5) is 10.5 Å². The molecule has 4 rings (SSSR count). The van der Waals surface area contributed by atoms with Crippen LogP contribution in [0.1, 0.15) is 46.3 Å². The van der Waals surface area contributed by atoms with E-state index in [0.717, 1.165) is 27.8 Å². The summed E-state index contributed by atoms with van der Waals surface area (Å²) in [7, 11) is 0. The fourth-order valence-electron chi connectivity index (χ4n) is 4.46. The van der Waals surface area contributed by atoms with Crippen molar-refractivity contribution in [3.8, 4) is 11.1 Å². The zero-order valence-electron chi connectivity index (χ0n) is 19.7. The van der Waals surface area contributed by atoms with Crippen LogP contribution in [0.5, 0.6) is 0 Å². The molecule has 3 aromatic rings. The summed E-state index contributed by atoms with van der Waals surface area (Å²) in [4.78, 5) is 36.7. The molecule has 0 spiro atoms. The van der Waals surface area contributed by atoms with Crippen molar-refractivity contribution in [3.05, 3.63) is 89.0 Å². The molecule has 0 aromatic heterocycles. The number of amides is 2. The highest BCUT2D eigenvalue weighted by atomic mass is 16.5. The number of carbonyl (C=O) groups is 3. The average molecular weight is 473 g/mol. The molecule has 1 aliphatic rings. The maximum atomic E-state index is 12.8. The quantitative estimate of drug-likeness (QED) is 0.418. The molecule has 3 aromatic carbocycles. The van der Waals surface area contributed by atoms with Gasteiger partial charge >= 0.3 is 12.1 Å². The number of alkyl carbamates (subject to hydrolysis) is 1. The molecule has 7 heteroatoms. The normalized spacial score (nSPS) is 12.9. The van der Waals surface area contributed by atoms with Gasteiger partial charge in [0.2, 0.25) is 5.91 Å². The maximum Gasteiger partial charge on any atom is 0.407 e. The lowest BCUT2D eigenvalue weighted by atomic mass is 9.98. The SMILES string of the molecule is CCC(CNC(=O)OCC1c2ccccc2-c2ccccc21)C(=O)Nc1ccc(C)cc1C(=O)O. The number of benzene rings is 3. The first-order valence-electron chi connectivity index (χ1n) is 11.6. The van der Waals surface area contributed by atoms with Crippen molar-refractivity contribution in [3.63, 3.8) is 0 Å². The van der Waals surface area contributed by atoms with Gasteiger partial charge in [0, 0.05) is 12.5 Å². The Bertz CT molecular complexity index is 1220. The van der Waals surface area contributed by atoms with Gasteiger partial charge in [-0.2, -0.15) is 0 Å². The summed E-state index contributed by atoms with van der Waals surface area (Å²) in [6.07, 6.45) is -0.135. The van der Waals surface area contributed by atoms with E-state index in [-0.39, 0.29) is 36.2 Å². The van der Waals surface area contributed by atoms with Crippen molar-refractivity contribution in [1.82, 2.24) is 5.32 Å². The van der Waals surface area contributed by atoms with Gasteiger partial charge in [-0.1, -0.05) is 67.1 Å². The second-order valence-electron chi connectivity index (χ2n) is 8.66. The molecule has 1 unspecified atom stereocenters. The Hall–Kier alpha value is -4.13. The molecule has 0 radical (unpaired) electrons. The lowest BCUT2D eigenvalue weighted by Gasteiger charge is -2.18. The van der Waals surface area contributed by atoms with Crippen LogP contribution in [-0.2, 0) is 9.53 Å². The van der Waals surface area contributed by atoms with Crippen molar-refractivity contribution < 1.29 is 24.2 Å². The van der Waals surface area contributed by atoms with Gasteiger partial charge in [0.25, 0.3) is 0 Å². The summed E-state index contributed by atoms with van der Waals surface area (Å²) in [5, 5.41) is 14.8. The molecule has 0 saturated heterocycles. The summed E-state index contributed by atoms with van der Waals surface area (Å²) in [6, 6.07) is 21.0. The highest BCUT2D eigenvalue weighted by molar-refractivity contribution is 6.01. The van der Waals surface area contributed by atoms with E-state index in [1.807, 2.05) is 31.2 Å². The van der Waals surface area contributed by atoms with E-state index >= 15 is 0 Å². The molecule has 1 aliphatic carbocycles. The Labute approximate surface area is 204 Å². The number of aromatic carboxylic acids is 1. The molecule has 0 bridgehead atoms. The van der Waals surface area contributed by atoms with Crippen LogP contribution in [-0.4, -0.2) is 36.2 Å². The molecule has 0 saturated carbocycles. The van der Waals surface area contributed by atoms with E-state index in [1.165, 1.54) is 6.07 Å². The summed E-state index contributed by atoms with van der Waals surface area (Å²) in [5.41, 5.74) is 5.59. The molecular formula is C28H28N2O5. The molecule has 2 amide bonds. The van der Waals surface area contributed by atoms with Gasteiger partial charge in [-0.15, -0.1) is 0 Å². The van der Waals surface area contributed by atoms with Crippen molar-refractivity contribution in [1.29, 1.82) is 0 Å². The topological polar surface area (TPSA) is 105 Å². The van der Waals surface area contributed by atoms with Crippen molar-refractivity contribution in [2.45, 2.75) is 26.2 Å². The van der Waals surface area contributed by atoms with Gasteiger partial charge in [0.05, 0.1) is 17.2 Å². The summed E-state index contributed by atoms with van der Waals surface area (Å²) < 4.78 is 5.54. The largest absolute Gasteiger partial charge is 0.478 e. The van der Waals surface area contributed by atoms with E-state index in [0.29, 0.717) is 6.42 Å². The third kappa shape index (κ3) is 5.19. The molecule has 0 heterocycles. The van der Waals surface area contributed by atoms with Gasteiger partial charge in [-0.05, 0) is 47.7 Å². The Morgan fingerprint density at radius 1 is 0.971 bits per heavy atom. The summed E-state index contributed by atoms with van der Waals surface area (Å²) in [6.45, 7) is 3.88. The van der Waals surface area contributed by atoms with Gasteiger partial charge in [0.15, 0.2) is 0 Å². The Morgan fingerprint density at radius 3 is 2.20 bits per heavy atom. The molecule has 1 atom stereocenters. The lowest BCUT2D eigenvalue weighted by molar-refractivity contribution is -0.119. The molecule has 0 aliphatic heterocycles. The highest BCUT2D eigenvalue weighted by Crippen LogP contribution is 2.44. The second-order valence-corrected chi connectivity index (χ2v) is 8.66. The number of aryl methyl sites for hydroxylation is 1. The maximum absolute atomic E-state index is 12.8. The number of hydrogen-bond donors (Lipinski definition) is 3. The van der Waals surface area contributed by atoms with Crippen molar-refractivity contribution in [2.75, 3.05) is 18.5 Å². The third-order valence-corrected chi connectivity index (χ3v) is 6.36. The lowest BCUT2D eigenvalue weighted by Crippen LogP contribution is -2.36. The zero-order valence-corrected chi connectivity index (χ0v) is 19.7. The molecule has 180 valence electrons. The van der Waals surface area contributed by atoms with Crippen LogP contribution in [0.15, 0.2) is 66.7 Å². The zero-order chi connectivity index (χ0) is 24.9. The minimum Gasteiger partial charge on any atom is -0.478 e. The Balaban J connectivity index is 1.35. The number of fused-ring (bicyclic) bond motifs is 3. The van der Waals surface area contributed by atoms with Crippen LogP contribution >= 0.6 is 0 Å². The Kier molecular flexibility index (Phi) is 7.15. The standard InChI is InChI=1S/C28H28N2O5/c1-3-18(26(31)30-25-13-12-17(2)14-23(25)27(32)33)15-29-28(34)35-16-24-21-10-6-4-8-19(21)20-9-5-7-11-22(20)24/h4-14,18,24H,3,15-16H2,1-2H3,(H,29,34)(H,30,31)(H,32,33). The fourth-order valence-corrected chi connectivity index (χ4v) is 4.46. The number of carboxylic acid groups (broad SMARTS) is 1. The van der Waals surface area contributed by atoms with Crippen LogP contribution in [0.25, 0.3) is 11.1 Å². The van der Waals surface area contributed by atoms with Crippen LogP contribution in [0, 0.1) is 12.8 Å². The second kappa shape index (κ2) is 10.4. The number of carboxylic acids is 1. The molecule has 0 fully saturated rings. The first kappa shape index (κ1) is 24.0. The smallest absolute Gasteiger partial charge is 0.407 e. The van der Waals surface area contributed by atoms with E-state index in [4.69, 9.17) is 4.74 Å². The number of carbonyl (C=O) groups excluding carboxylic acids is 2. The van der Waals surface area contributed by atoms with E-state index in [1.54, 1.807) is 19.1 Å². The molecule has 7 nitrogen and oxygen atoms in total. The Morgan fingerprint density at radius 2 is 1.60 bits per heavy atom. The number of ether oxygens (including phenoxy) is 1. The number of rotatable bonds is 8.